The maximum absolute atomic E-state index is 5.74. The van der Waals surface area contributed by atoms with E-state index in [9.17, 15) is 0 Å². The van der Waals surface area contributed by atoms with Crippen molar-refractivity contribution in [3.63, 3.8) is 0 Å². The third-order valence-corrected chi connectivity index (χ3v) is 2.92. The van der Waals surface area contributed by atoms with Crippen molar-refractivity contribution in [2.75, 3.05) is 17.2 Å². The van der Waals surface area contributed by atoms with E-state index in [0.717, 1.165) is 17.1 Å². The quantitative estimate of drug-likeness (QED) is 0.863. The van der Waals surface area contributed by atoms with Gasteiger partial charge in [-0.3, -0.25) is 0 Å². The third-order valence-electron chi connectivity index (χ3n) is 2.51. The second-order valence-electron chi connectivity index (χ2n) is 4.69. The zero-order chi connectivity index (χ0) is 11.7. The number of anilines is 2. The topological polar surface area (TPSA) is 55.0 Å². The highest BCUT2D eigenvalue weighted by molar-refractivity contribution is 9.10. The van der Waals surface area contributed by atoms with E-state index in [1.165, 1.54) is 12.8 Å². The highest BCUT2D eigenvalue weighted by atomic mass is 79.9. The summed E-state index contributed by atoms with van der Waals surface area (Å²) in [7, 11) is 0. The second kappa shape index (κ2) is 4.57. The first-order valence-corrected chi connectivity index (χ1v) is 6.42. The normalized spacial score (nSPS) is 15.5. The Balaban J connectivity index is 2.23. The fourth-order valence-electron chi connectivity index (χ4n) is 1.72. The Morgan fingerprint density at radius 1 is 1.50 bits per heavy atom. The van der Waals surface area contributed by atoms with Crippen molar-refractivity contribution >= 4 is 27.7 Å². The largest absolute Gasteiger partial charge is 0.383 e. The molecule has 1 aromatic rings. The van der Waals surface area contributed by atoms with Gasteiger partial charge in [-0.2, -0.15) is 4.98 Å². The molecular weight excluding hydrogens is 268 g/mol. The molecule has 1 heterocycles. The Morgan fingerprint density at radius 3 is 2.69 bits per heavy atom. The number of hydrogen-bond acceptors (Lipinski definition) is 4. The van der Waals surface area contributed by atoms with E-state index in [1.807, 2.05) is 0 Å². The summed E-state index contributed by atoms with van der Waals surface area (Å²) in [5.41, 5.74) is 5.74. The summed E-state index contributed by atoms with van der Waals surface area (Å²) in [6.07, 6.45) is 2.48. The molecule has 0 aliphatic heterocycles. The molecule has 2 N–H and O–H groups in total. The number of nitrogens with zero attached hydrogens (tertiary/aromatic N) is 3. The Hall–Kier alpha value is -0.840. The summed E-state index contributed by atoms with van der Waals surface area (Å²) in [4.78, 5) is 11.0. The van der Waals surface area contributed by atoms with E-state index < -0.39 is 0 Å². The smallest absolute Gasteiger partial charge is 0.228 e. The van der Waals surface area contributed by atoms with E-state index in [1.54, 1.807) is 6.07 Å². The van der Waals surface area contributed by atoms with E-state index in [4.69, 9.17) is 5.73 Å². The number of nitrogens with two attached hydrogens (primary N) is 1. The molecule has 0 spiro atoms. The first kappa shape index (κ1) is 11.6. The van der Waals surface area contributed by atoms with Gasteiger partial charge in [-0.25, -0.2) is 4.98 Å². The minimum absolute atomic E-state index is 0.520. The number of nitrogen functional groups attached to an aromatic ring is 1. The number of rotatable bonds is 4. The van der Waals surface area contributed by atoms with Crippen molar-refractivity contribution in [1.82, 2.24) is 9.97 Å². The molecule has 2 rings (SSSR count). The van der Waals surface area contributed by atoms with Crippen molar-refractivity contribution in [2.24, 2.45) is 5.92 Å². The predicted octanol–water partition coefficient (Wildman–Crippen LogP) is 2.45. The summed E-state index contributed by atoms with van der Waals surface area (Å²) in [5.74, 6) is 1.87. The van der Waals surface area contributed by atoms with Gasteiger partial charge in [0.2, 0.25) is 5.95 Å². The monoisotopic (exact) mass is 284 g/mol. The van der Waals surface area contributed by atoms with Gasteiger partial charge in [-0.15, -0.1) is 0 Å². The van der Waals surface area contributed by atoms with Crippen LogP contribution in [0.15, 0.2) is 10.7 Å². The highest BCUT2D eigenvalue weighted by Gasteiger charge is 2.31. The van der Waals surface area contributed by atoms with Gasteiger partial charge in [0.05, 0.1) is 0 Å². The molecule has 1 fully saturated rings. The average molecular weight is 285 g/mol. The molecule has 1 aliphatic carbocycles. The maximum Gasteiger partial charge on any atom is 0.228 e. The minimum atomic E-state index is 0.520. The number of hydrogen-bond donors (Lipinski definition) is 1. The molecule has 1 aromatic heterocycles. The van der Waals surface area contributed by atoms with Gasteiger partial charge >= 0.3 is 0 Å². The Morgan fingerprint density at radius 2 is 2.19 bits per heavy atom. The molecular formula is C11H17BrN4. The van der Waals surface area contributed by atoms with Gasteiger partial charge < -0.3 is 10.6 Å². The first-order chi connectivity index (χ1) is 7.56. The molecule has 5 heteroatoms. The van der Waals surface area contributed by atoms with Crippen LogP contribution in [0.2, 0.25) is 0 Å². The minimum Gasteiger partial charge on any atom is -0.383 e. The molecule has 0 saturated heterocycles. The van der Waals surface area contributed by atoms with Gasteiger partial charge in [-0.1, -0.05) is 13.8 Å². The van der Waals surface area contributed by atoms with Gasteiger partial charge in [0.15, 0.2) is 0 Å². The molecule has 1 saturated carbocycles. The summed E-state index contributed by atoms with van der Waals surface area (Å²) in [5, 5.41) is 0. The molecule has 88 valence electrons. The molecule has 4 nitrogen and oxygen atoms in total. The molecule has 0 radical (unpaired) electrons. The summed E-state index contributed by atoms with van der Waals surface area (Å²) in [6.45, 7) is 5.40. The summed E-state index contributed by atoms with van der Waals surface area (Å²) < 4.78 is 0.754. The first-order valence-electron chi connectivity index (χ1n) is 5.63. The third kappa shape index (κ3) is 2.84. The van der Waals surface area contributed by atoms with Crippen LogP contribution < -0.4 is 10.6 Å². The van der Waals surface area contributed by atoms with Crippen LogP contribution in [-0.2, 0) is 0 Å². The summed E-state index contributed by atoms with van der Waals surface area (Å²) >= 11 is 3.36. The zero-order valence-electron chi connectivity index (χ0n) is 9.65. The molecule has 0 unspecified atom stereocenters. The van der Waals surface area contributed by atoms with Crippen LogP contribution >= 0.6 is 15.9 Å². The van der Waals surface area contributed by atoms with Crippen molar-refractivity contribution in [3.8, 4) is 0 Å². The van der Waals surface area contributed by atoms with Gasteiger partial charge in [-0.05, 0) is 34.7 Å². The average Bonchev–Trinajstić information content (AvgIpc) is 2.95. The van der Waals surface area contributed by atoms with Crippen LogP contribution in [-0.4, -0.2) is 22.6 Å². The lowest BCUT2D eigenvalue weighted by Gasteiger charge is -2.24. The lowest BCUT2D eigenvalue weighted by Crippen LogP contribution is -2.31. The van der Waals surface area contributed by atoms with E-state index in [-0.39, 0.29) is 0 Å². The van der Waals surface area contributed by atoms with Crippen LogP contribution in [0.1, 0.15) is 26.7 Å². The van der Waals surface area contributed by atoms with Crippen molar-refractivity contribution in [3.05, 3.63) is 10.7 Å². The van der Waals surface area contributed by atoms with Crippen LogP contribution in [0.25, 0.3) is 0 Å². The van der Waals surface area contributed by atoms with E-state index >= 15 is 0 Å². The van der Waals surface area contributed by atoms with E-state index in [2.05, 4.69) is 44.6 Å². The van der Waals surface area contributed by atoms with E-state index in [0.29, 0.717) is 17.8 Å². The van der Waals surface area contributed by atoms with Gasteiger partial charge in [0, 0.05) is 18.7 Å². The lowest BCUT2D eigenvalue weighted by molar-refractivity contribution is 0.597. The Bertz CT molecular complexity index is 356. The van der Waals surface area contributed by atoms with Crippen LogP contribution in [0.5, 0.6) is 0 Å². The number of halogens is 1. The lowest BCUT2D eigenvalue weighted by atomic mass is 10.2. The van der Waals surface area contributed by atoms with Crippen LogP contribution in [0, 0.1) is 5.92 Å². The second-order valence-corrected chi connectivity index (χ2v) is 5.51. The maximum atomic E-state index is 5.74. The summed E-state index contributed by atoms with van der Waals surface area (Å²) in [6, 6.07) is 2.33. The molecule has 0 atom stereocenters. The van der Waals surface area contributed by atoms with Crippen LogP contribution in [0.3, 0.4) is 0 Å². The molecule has 0 amide bonds. The van der Waals surface area contributed by atoms with Crippen LogP contribution in [0.4, 0.5) is 11.8 Å². The van der Waals surface area contributed by atoms with Crippen molar-refractivity contribution in [2.45, 2.75) is 32.7 Å². The van der Waals surface area contributed by atoms with Gasteiger partial charge in [0.1, 0.15) is 10.4 Å². The highest BCUT2D eigenvalue weighted by Crippen LogP contribution is 2.31. The Labute approximate surface area is 104 Å². The fourth-order valence-corrected chi connectivity index (χ4v) is 2.12. The SMILES string of the molecule is CC(C)CN(c1nc(N)cc(Br)n1)C1CC1. The number of aromatic nitrogens is 2. The molecule has 16 heavy (non-hydrogen) atoms. The van der Waals surface area contributed by atoms with Crippen molar-refractivity contribution in [1.29, 1.82) is 0 Å². The molecule has 1 aliphatic rings. The van der Waals surface area contributed by atoms with Gasteiger partial charge in [0.25, 0.3) is 0 Å². The molecule has 0 aromatic carbocycles. The molecule has 0 bridgehead atoms. The standard InChI is InChI=1S/C11H17BrN4/c1-7(2)6-16(8-3-4-8)11-14-9(12)5-10(13)15-11/h5,7-8H,3-4,6H2,1-2H3,(H2,13,14,15). The van der Waals surface area contributed by atoms with Crippen molar-refractivity contribution < 1.29 is 0 Å². The fraction of sp³-hybridized carbons (Fsp3) is 0.636. The predicted molar refractivity (Wildman–Crippen MR) is 69.4 cm³/mol. The Kier molecular flexibility index (Phi) is 3.33. The zero-order valence-corrected chi connectivity index (χ0v) is 11.2.